The largest absolute Gasteiger partial charge is 0.481 e. The van der Waals surface area contributed by atoms with Gasteiger partial charge in [0.2, 0.25) is 0 Å². The van der Waals surface area contributed by atoms with Crippen LogP contribution in [0.2, 0.25) is 10.0 Å². The van der Waals surface area contributed by atoms with E-state index >= 15 is 0 Å². The Hall–Kier alpha value is -2.69. The minimum absolute atomic E-state index is 0.338. The maximum Gasteiger partial charge on any atom is 0.265 e. The molecule has 3 aromatic rings. The van der Waals surface area contributed by atoms with Crippen LogP contribution in [0.15, 0.2) is 72.8 Å². The van der Waals surface area contributed by atoms with E-state index < -0.39 is 6.10 Å². The number of carbonyl (C=O) groups excluding carboxylic acids is 1. The first-order valence-corrected chi connectivity index (χ1v) is 9.02. The maximum absolute atomic E-state index is 12.5. The molecule has 0 aliphatic carbocycles. The normalized spacial score (nSPS) is 11.5. The van der Waals surface area contributed by atoms with E-state index in [2.05, 4.69) is 5.32 Å². The van der Waals surface area contributed by atoms with Crippen molar-refractivity contribution in [3.05, 3.63) is 82.8 Å². The first kappa shape index (κ1) is 19.1. The predicted molar refractivity (Wildman–Crippen MR) is 108 cm³/mol. The highest BCUT2D eigenvalue weighted by atomic mass is 35.5. The Morgan fingerprint density at radius 3 is 2.33 bits per heavy atom. The number of para-hydroxylation sites is 1. The van der Waals surface area contributed by atoms with E-state index in [4.69, 9.17) is 32.7 Å². The van der Waals surface area contributed by atoms with Gasteiger partial charge in [0.05, 0.1) is 5.69 Å². The lowest BCUT2D eigenvalue weighted by molar-refractivity contribution is -0.122. The molecule has 0 saturated carbocycles. The van der Waals surface area contributed by atoms with Crippen LogP contribution in [0.3, 0.4) is 0 Å². The zero-order valence-electron chi connectivity index (χ0n) is 14.5. The van der Waals surface area contributed by atoms with Gasteiger partial charge in [-0.2, -0.15) is 0 Å². The summed E-state index contributed by atoms with van der Waals surface area (Å²) in [5.74, 6) is 1.31. The van der Waals surface area contributed by atoms with Crippen LogP contribution < -0.4 is 14.8 Å². The summed E-state index contributed by atoms with van der Waals surface area (Å²) < 4.78 is 11.5. The zero-order valence-corrected chi connectivity index (χ0v) is 16.0. The molecule has 1 N–H and O–H groups in total. The van der Waals surface area contributed by atoms with Crippen LogP contribution in [-0.4, -0.2) is 12.0 Å². The Morgan fingerprint density at radius 2 is 1.59 bits per heavy atom. The number of halogens is 2. The van der Waals surface area contributed by atoms with Crippen LogP contribution in [-0.2, 0) is 4.79 Å². The molecule has 0 heterocycles. The number of nitrogens with one attached hydrogen (secondary N) is 1. The summed E-state index contributed by atoms with van der Waals surface area (Å²) in [6.07, 6.45) is -0.743. The highest BCUT2D eigenvalue weighted by Crippen LogP contribution is 2.32. The van der Waals surface area contributed by atoms with Crippen molar-refractivity contribution >= 4 is 34.8 Å². The fourth-order valence-electron chi connectivity index (χ4n) is 2.34. The van der Waals surface area contributed by atoms with Crippen molar-refractivity contribution in [1.29, 1.82) is 0 Å². The van der Waals surface area contributed by atoms with Crippen LogP contribution in [0.5, 0.6) is 17.2 Å². The fourth-order valence-corrected chi connectivity index (χ4v) is 2.69. The summed E-state index contributed by atoms with van der Waals surface area (Å²) in [6, 6.07) is 21.2. The maximum atomic E-state index is 12.5. The van der Waals surface area contributed by atoms with Crippen LogP contribution in [0.25, 0.3) is 0 Å². The van der Waals surface area contributed by atoms with Gasteiger partial charge < -0.3 is 14.8 Å². The molecular weight excluding hydrogens is 385 g/mol. The van der Waals surface area contributed by atoms with E-state index in [1.54, 1.807) is 49.4 Å². The van der Waals surface area contributed by atoms with Crippen LogP contribution >= 0.6 is 23.2 Å². The third kappa shape index (κ3) is 5.39. The van der Waals surface area contributed by atoms with Crippen molar-refractivity contribution in [3.8, 4) is 17.2 Å². The summed E-state index contributed by atoms with van der Waals surface area (Å²) in [6.45, 7) is 1.65. The van der Waals surface area contributed by atoms with Gasteiger partial charge in [-0.25, -0.2) is 0 Å². The molecule has 0 aliphatic rings. The molecule has 1 unspecified atom stereocenters. The molecule has 0 aliphatic heterocycles. The Bertz CT molecular complexity index is 932. The second kappa shape index (κ2) is 8.80. The quantitative estimate of drug-likeness (QED) is 0.535. The summed E-state index contributed by atoms with van der Waals surface area (Å²) in [4.78, 5) is 12.5. The molecule has 0 bridgehead atoms. The smallest absolute Gasteiger partial charge is 0.265 e. The molecule has 3 rings (SSSR count). The molecule has 138 valence electrons. The number of rotatable bonds is 6. The van der Waals surface area contributed by atoms with Crippen molar-refractivity contribution in [1.82, 2.24) is 0 Å². The summed E-state index contributed by atoms with van der Waals surface area (Å²) in [5, 5.41) is 3.82. The van der Waals surface area contributed by atoms with Gasteiger partial charge in [-0.3, -0.25) is 4.79 Å². The van der Waals surface area contributed by atoms with Gasteiger partial charge in [-0.1, -0.05) is 47.5 Å². The first-order valence-electron chi connectivity index (χ1n) is 8.27. The van der Waals surface area contributed by atoms with Gasteiger partial charge in [0.1, 0.15) is 11.5 Å². The van der Waals surface area contributed by atoms with E-state index in [1.807, 2.05) is 30.3 Å². The average Bonchev–Trinajstić information content (AvgIpc) is 2.65. The van der Waals surface area contributed by atoms with Crippen molar-refractivity contribution < 1.29 is 14.3 Å². The molecule has 0 fully saturated rings. The highest BCUT2D eigenvalue weighted by Gasteiger charge is 2.17. The molecule has 4 nitrogen and oxygen atoms in total. The van der Waals surface area contributed by atoms with Crippen LogP contribution in [0.4, 0.5) is 5.69 Å². The lowest BCUT2D eigenvalue weighted by Gasteiger charge is -2.17. The number of hydrogen-bond donors (Lipinski definition) is 1. The monoisotopic (exact) mass is 401 g/mol. The van der Waals surface area contributed by atoms with Gasteiger partial charge in [0, 0.05) is 10.0 Å². The summed E-state index contributed by atoms with van der Waals surface area (Å²) in [7, 11) is 0. The Balaban J connectivity index is 1.73. The second-order valence-corrected chi connectivity index (χ2v) is 6.64. The number of carbonyl (C=O) groups is 1. The van der Waals surface area contributed by atoms with Gasteiger partial charge in [0.25, 0.3) is 5.91 Å². The lowest BCUT2D eigenvalue weighted by Crippen LogP contribution is -2.30. The first-order chi connectivity index (χ1) is 13.0. The van der Waals surface area contributed by atoms with Crippen LogP contribution in [0, 0.1) is 0 Å². The minimum atomic E-state index is -0.743. The van der Waals surface area contributed by atoms with E-state index in [1.165, 1.54) is 0 Å². The molecule has 1 atom stereocenters. The van der Waals surface area contributed by atoms with E-state index in [0.717, 1.165) is 0 Å². The van der Waals surface area contributed by atoms with Gasteiger partial charge in [0.15, 0.2) is 11.9 Å². The average molecular weight is 402 g/mol. The third-order valence-corrected chi connectivity index (χ3v) is 4.12. The topological polar surface area (TPSA) is 47.6 Å². The molecule has 0 saturated heterocycles. The van der Waals surface area contributed by atoms with Crippen LogP contribution in [0.1, 0.15) is 6.92 Å². The predicted octanol–water partition coefficient (Wildman–Crippen LogP) is 6.19. The van der Waals surface area contributed by atoms with Gasteiger partial charge in [-0.05, 0) is 55.5 Å². The standard InChI is InChI=1S/C21H17Cl2NO3/c1-14(26-18-9-5-6-15(22)12-18)21(25)24-19-13-16(23)10-11-20(19)27-17-7-3-2-4-8-17/h2-14H,1H3,(H,24,25). The molecule has 0 radical (unpaired) electrons. The minimum Gasteiger partial charge on any atom is -0.481 e. The van der Waals surface area contributed by atoms with Crippen molar-refractivity contribution in [3.63, 3.8) is 0 Å². The summed E-state index contributed by atoms with van der Waals surface area (Å²) in [5.41, 5.74) is 0.456. The van der Waals surface area contributed by atoms with Crippen molar-refractivity contribution in [2.24, 2.45) is 0 Å². The third-order valence-electron chi connectivity index (χ3n) is 3.65. The number of amides is 1. The molecule has 1 amide bonds. The summed E-state index contributed by atoms with van der Waals surface area (Å²) >= 11 is 12.0. The number of hydrogen-bond acceptors (Lipinski definition) is 3. The Labute approximate surface area is 167 Å². The Morgan fingerprint density at radius 1 is 0.889 bits per heavy atom. The number of benzene rings is 3. The van der Waals surface area contributed by atoms with Crippen molar-refractivity contribution in [2.45, 2.75) is 13.0 Å². The number of ether oxygens (including phenoxy) is 2. The molecule has 0 spiro atoms. The fraction of sp³-hybridized carbons (Fsp3) is 0.0952. The second-order valence-electron chi connectivity index (χ2n) is 5.76. The molecule has 27 heavy (non-hydrogen) atoms. The van der Waals surface area contributed by atoms with Gasteiger partial charge in [-0.15, -0.1) is 0 Å². The van der Waals surface area contributed by atoms with Crippen molar-refractivity contribution in [2.75, 3.05) is 5.32 Å². The van der Waals surface area contributed by atoms with Gasteiger partial charge >= 0.3 is 0 Å². The molecule has 6 heteroatoms. The zero-order chi connectivity index (χ0) is 19.2. The SMILES string of the molecule is CC(Oc1cccc(Cl)c1)C(=O)Nc1cc(Cl)ccc1Oc1ccccc1. The Kier molecular flexibility index (Phi) is 6.22. The highest BCUT2D eigenvalue weighted by molar-refractivity contribution is 6.31. The van der Waals surface area contributed by atoms with E-state index in [0.29, 0.717) is 33.0 Å². The van der Waals surface area contributed by atoms with E-state index in [9.17, 15) is 4.79 Å². The lowest BCUT2D eigenvalue weighted by atomic mass is 10.2. The number of anilines is 1. The molecule has 0 aromatic heterocycles. The molecular formula is C21H17Cl2NO3. The van der Waals surface area contributed by atoms with E-state index in [-0.39, 0.29) is 5.91 Å². The molecule has 3 aromatic carbocycles.